The average molecular weight is 448 g/mol. The second-order valence-corrected chi connectivity index (χ2v) is 11.1. The lowest BCUT2D eigenvalue weighted by atomic mass is 9.96. The van der Waals surface area contributed by atoms with Crippen LogP contribution in [0.2, 0.25) is 0 Å². The van der Waals surface area contributed by atoms with Crippen LogP contribution in [-0.4, -0.2) is 64.0 Å². The van der Waals surface area contributed by atoms with E-state index >= 15 is 0 Å². The van der Waals surface area contributed by atoms with E-state index in [0.29, 0.717) is 38.1 Å². The molecule has 2 fully saturated rings. The van der Waals surface area contributed by atoms with Gasteiger partial charge in [-0.25, -0.2) is 22.2 Å². The first-order valence-electron chi connectivity index (χ1n) is 11.2. The molecule has 1 atom stereocenters. The maximum Gasteiger partial charge on any atom is 0.276 e. The van der Waals surface area contributed by atoms with Crippen LogP contribution in [0.5, 0.6) is 0 Å². The van der Waals surface area contributed by atoms with Crippen molar-refractivity contribution in [2.75, 3.05) is 25.9 Å². The largest absolute Gasteiger partial charge is 0.334 e. The summed E-state index contributed by atoms with van der Waals surface area (Å²) >= 11 is 0. The van der Waals surface area contributed by atoms with Crippen LogP contribution in [-0.2, 0) is 27.7 Å². The molecule has 31 heavy (non-hydrogen) atoms. The van der Waals surface area contributed by atoms with Crippen molar-refractivity contribution < 1.29 is 13.2 Å². The minimum absolute atomic E-state index is 0.0185. The van der Waals surface area contributed by atoms with Crippen molar-refractivity contribution in [1.82, 2.24) is 23.8 Å². The summed E-state index contributed by atoms with van der Waals surface area (Å²) in [5, 5.41) is 3.23. The van der Waals surface area contributed by atoms with Crippen LogP contribution in [0.25, 0.3) is 5.65 Å². The van der Waals surface area contributed by atoms with E-state index in [-0.39, 0.29) is 23.4 Å². The zero-order valence-corrected chi connectivity index (χ0v) is 18.7. The second kappa shape index (κ2) is 7.74. The van der Waals surface area contributed by atoms with Gasteiger partial charge in [0.05, 0.1) is 23.7 Å². The van der Waals surface area contributed by atoms with Gasteiger partial charge in [-0.1, -0.05) is 0 Å². The number of nitrogens with one attached hydrogen (secondary N) is 1. The molecule has 1 N–H and O–H groups in total. The molecule has 10 heteroatoms. The van der Waals surface area contributed by atoms with Crippen LogP contribution in [0.4, 0.5) is 0 Å². The van der Waals surface area contributed by atoms with Gasteiger partial charge in [-0.05, 0) is 51.4 Å². The number of sulfonamides is 1. The zero-order valence-electron chi connectivity index (χ0n) is 17.8. The fourth-order valence-corrected chi connectivity index (χ4v) is 6.24. The number of aryl methyl sites for hydroxylation is 1. The number of aromatic nitrogens is 3. The smallest absolute Gasteiger partial charge is 0.276 e. The third-order valence-electron chi connectivity index (χ3n) is 7.07. The van der Waals surface area contributed by atoms with Gasteiger partial charge >= 0.3 is 0 Å². The molecule has 5 rings (SSSR count). The Morgan fingerprint density at radius 1 is 1.10 bits per heavy atom. The number of likely N-dealkylation sites (tertiary alicyclic amines) is 1. The number of aromatic amines is 1. The van der Waals surface area contributed by atoms with Crippen LogP contribution in [0.15, 0.2) is 10.9 Å². The van der Waals surface area contributed by atoms with Crippen molar-refractivity contribution in [3.05, 3.63) is 33.4 Å². The second-order valence-electron chi connectivity index (χ2n) is 9.08. The van der Waals surface area contributed by atoms with Gasteiger partial charge in [0.15, 0.2) is 5.65 Å². The van der Waals surface area contributed by atoms with E-state index in [0.717, 1.165) is 55.5 Å². The van der Waals surface area contributed by atoms with Gasteiger partial charge in [0, 0.05) is 37.2 Å². The number of amides is 1. The van der Waals surface area contributed by atoms with Crippen LogP contribution >= 0.6 is 0 Å². The molecule has 0 bridgehead atoms. The molecule has 0 radical (unpaired) electrons. The molecule has 0 aromatic carbocycles. The lowest BCUT2D eigenvalue weighted by molar-refractivity contribution is -0.137. The number of nitrogens with zero attached hydrogens (tertiary/aromatic N) is 4. The van der Waals surface area contributed by atoms with Gasteiger partial charge in [0.2, 0.25) is 15.9 Å². The van der Waals surface area contributed by atoms with E-state index in [1.54, 1.807) is 0 Å². The van der Waals surface area contributed by atoms with Gasteiger partial charge in [0.1, 0.15) is 0 Å². The Morgan fingerprint density at radius 2 is 1.84 bits per heavy atom. The predicted octanol–water partition coefficient (Wildman–Crippen LogP) is 1.24. The highest BCUT2D eigenvalue weighted by Gasteiger charge is 2.37. The molecule has 0 saturated carbocycles. The minimum Gasteiger partial charge on any atom is -0.334 e. The minimum atomic E-state index is -3.21. The Hall–Kier alpha value is -2.20. The molecule has 2 aliphatic heterocycles. The number of carbonyl (C=O) groups excluding carboxylic acids is 1. The van der Waals surface area contributed by atoms with Gasteiger partial charge in [-0.2, -0.15) is 0 Å². The fraction of sp³-hybridized carbons (Fsp3) is 0.667. The van der Waals surface area contributed by atoms with Gasteiger partial charge < -0.3 is 4.90 Å². The molecule has 2 aromatic heterocycles. The van der Waals surface area contributed by atoms with Crippen molar-refractivity contribution in [3.8, 4) is 0 Å². The molecule has 3 aliphatic rings. The first-order valence-corrected chi connectivity index (χ1v) is 13.1. The van der Waals surface area contributed by atoms with Gasteiger partial charge in [0.25, 0.3) is 5.56 Å². The fourth-order valence-electron chi connectivity index (χ4n) is 5.37. The number of hydrogen-bond acceptors (Lipinski definition) is 5. The molecule has 168 valence electrons. The standard InChI is InChI=1S/C21H29N5O4S/c1-31(29,30)24-11-8-14(9-12-24)20(27)25-10-4-7-18(25)17-13-19-22-16-6-3-2-5-15(16)21(28)26(19)23-17/h13-14,18,23H,2-12H2,1H3. The third-order valence-corrected chi connectivity index (χ3v) is 8.37. The Labute approximate surface area is 181 Å². The van der Waals surface area contributed by atoms with E-state index in [9.17, 15) is 18.0 Å². The van der Waals surface area contributed by atoms with Gasteiger partial charge in [-0.15, -0.1) is 0 Å². The first-order chi connectivity index (χ1) is 14.8. The Bertz CT molecular complexity index is 1180. The maximum absolute atomic E-state index is 13.3. The summed E-state index contributed by atoms with van der Waals surface area (Å²) in [7, 11) is -3.21. The molecule has 2 aromatic rings. The van der Waals surface area contributed by atoms with Gasteiger partial charge in [-0.3, -0.25) is 14.7 Å². The summed E-state index contributed by atoms with van der Waals surface area (Å²) in [5.41, 5.74) is 3.19. The normalized spacial score (nSPS) is 23.4. The van der Waals surface area contributed by atoms with E-state index in [1.807, 2.05) is 11.0 Å². The summed E-state index contributed by atoms with van der Waals surface area (Å²) in [6.45, 7) is 1.47. The highest BCUT2D eigenvalue weighted by atomic mass is 32.2. The Balaban J connectivity index is 1.38. The SMILES string of the molecule is CS(=O)(=O)N1CCC(C(=O)N2CCCC2c2cc3nc4c(c(=O)n3[nH]2)CCCC4)CC1. The van der Waals surface area contributed by atoms with Crippen molar-refractivity contribution in [3.63, 3.8) is 0 Å². The lowest BCUT2D eigenvalue weighted by Gasteiger charge is -2.33. The molecule has 4 heterocycles. The molecule has 2 saturated heterocycles. The molecular weight excluding hydrogens is 418 g/mol. The Kier molecular flexibility index (Phi) is 5.16. The summed E-state index contributed by atoms with van der Waals surface area (Å²) in [4.78, 5) is 32.9. The first kappa shape index (κ1) is 20.7. The molecule has 1 aliphatic carbocycles. The van der Waals surface area contributed by atoms with Crippen molar-refractivity contribution >= 4 is 21.6 Å². The van der Waals surface area contributed by atoms with Crippen LogP contribution in [0, 0.1) is 5.92 Å². The summed E-state index contributed by atoms with van der Waals surface area (Å²) < 4.78 is 26.5. The van der Waals surface area contributed by atoms with Crippen molar-refractivity contribution in [2.24, 2.45) is 5.92 Å². The summed E-state index contributed by atoms with van der Waals surface area (Å²) in [6, 6.07) is 1.82. The number of H-pyrrole nitrogens is 1. The topological polar surface area (TPSA) is 108 Å². The lowest BCUT2D eigenvalue weighted by Crippen LogP contribution is -2.44. The predicted molar refractivity (Wildman–Crippen MR) is 115 cm³/mol. The number of fused-ring (bicyclic) bond motifs is 2. The van der Waals surface area contributed by atoms with E-state index in [4.69, 9.17) is 4.98 Å². The molecular formula is C21H29N5O4S. The highest BCUT2D eigenvalue weighted by Crippen LogP contribution is 2.34. The summed E-state index contributed by atoms with van der Waals surface area (Å²) in [6.07, 6.45) is 7.78. The maximum atomic E-state index is 13.3. The van der Waals surface area contributed by atoms with E-state index in [2.05, 4.69) is 5.10 Å². The molecule has 9 nitrogen and oxygen atoms in total. The van der Waals surface area contributed by atoms with E-state index in [1.165, 1.54) is 15.1 Å². The van der Waals surface area contributed by atoms with Crippen LogP contribution < -0.4 is 5.56 Å². The molecule has 0 spiro atoms. The highest BCUT2D eigenvalue weighted by molar-refractivity contribution is 7.88. The van der Waals surface area contributed by atoms with Crippen LogP contribution in [0.3, 0.4) is 0 Å². The zero-order chi connectivity index (χ0) is 21.8. The number of piperidine rings is 1. The van der Waals surface area contributed by atoms with E-state index < -0.39 is 10.0 Å². The number of carbonyl (C=O) groups is 1. The molecule has 1 amide bonds. The quantitative estimate of drug-likeness (QED) is 0.762. The third kappa shape index (κ3) is 3.69. The Morgan fingerprint density at radius 3 is 2.58 bits per heavy atom. The average Bonchev–Trinajstić information content (AvgIpc) is 3.40. The van der Waals surface area contributed by atoms with Crippen molar-refractivity contribution in [2.45, 2.75) is 57.4 Å². The number of hydrogen-bond donors (Lipinski definition) is 1. The van der Waals surface area contributed by atoms with Crippen molar-refractivity contribution in [1.29, 1.82) is 0 Å². The summed E-state index contributed by atoms with van der Waals surface area (Å²) in [5.74, 6) is -0.0648. The monoisotopic (exact) mass is 447 g/mol. The number of rotatable bonds is 3. The van der Waals surface area contributed by atoms with Crippen LogP contribution in [0.1, 0.15) is 61.5 Å². The molecule has 1 unspecified atom stereocenters.